The first-order chi connectivity index (χ1) is 8.50. The topological polar surface area (TPSA) is 17.1 Å². The molecule has 0 bridgehead atoms. The minimum Gasteiger partial charge on any atom is -0.293 e. The molecule has 18 heavy (non-hydrogen) atoms. The van der Waals surface area contributed by atoms with Crippen LogP contribution in [0.25, 0.3) is 0 Å². The molecule has 0 radical (unpaired) electrons. The quantitative estimate of drug-likeness (QED) is 0.583. The molecule has 98 valence electrons. The first kappa shape index (κ1) is 13.1. The average Bonchev–Trinajstić information content (AvgIpc) is 2.83. The fraction of sp³-hybridized carbons (Fsp3) is 0.500. The Morgan fingerprint density at radius 3 is 2.22 bits per heavy atom. The van der Waals surface area contributed by atoms with Crippen LogP contribution in [0, 0.1) is 22.9 Å². The van der Waals surface area contributed by atoms with Gasteiger partial charge in [0.05, 0.1) is 5.56 Å². The third kappa shape index (κ3) is 2.04. The van der Waals surface area contributed by atoms with Crippen molar-refractivity contribution in [2.24, 2.45) is 5.41 Å². The first-order valence-electron chi connectivity index (χ1n) is 6.19. The van der Waals surface area contributed by atoms with Gasteiger partial charge in [0.25, 0.3) is 0 Å². The van der Waals surface area contributed by atoms with E-state index in [1.165, 1.54) is 0 Å². The van der Waals surface area contributed by atoms with Crippen molar-refractivity contribution in [1.29, 1.82) is 0 Å². The summed E-state index contributed by atoms with van der Waals surface area (Å²) in [6.07, 6.45) is 3.83. The molecule has 1 saturated carbocycles. The summed E-state index contributed by atoms with van der Waals surface area (Å²) in [5.41, 5.74) is -0.914. The maximum Gasteiger partial charge on any atom is 0.172 e. The van der Waals surface area contributed by atoms with E-state index in [1.54, 1.807) is 0 Å². The third-order valence-corrected chi connectivity index (χ3v) is 3.97. The Morgan fingerprint density at radius 2 is 1.67 bits per heavy atom. The zero-order valence-electron chi connectivity index (χ0n) is 10.2. The normalized spacial score (nSPS) is 18.0. The fourth-order valence-electron chi connectivity index (χ4n) is 2.78. The van der Waals surface area contributed by atoms with Crippen molar-refractivity contribution in [3.63, 3.8) is 0 Å². The lowest BCUT2D eigenvalue weighted by Gasteiger charge is -2.25. The summed E-state index contributed by atoms with van der Waals surface area (Å²) in [4.78, 5) is 12.4. The number of benzene rings is 1. The van der Waals surface area contributed by atoms with Gasteiger partial charge in [-0.25, -0.2) is 13.2 Å². The van der Waals surface area contributed by atoms with E-state index in [1.807, 2.05) is 6.92 Å². The molecule has 0 aliphatic heterocycles. The van der Waals surface area contributed by atoms with Gasteiger partial charge in [-0.2, -0.15) is 0 Å². The van der Waals surface area contributed by atoms with Gasteiger partial charge in [0.2, 0.25) is 0 Å². The minimum absolute atomic E-state index is 0.322. The van der Waals surface area contributed by atoms with Crippen LogP contribution in [0.15, 0.2) is 12.1 Å². The standard InChI is InChI=1S/C14H15F3O/c1-2-14(5-3-4-6-14)13(18)9-7-11(16)12(17)8-10(9)15/h7-8H,2-6H2,1H3. The molecule has 1 aromatic rings. The molecule has 1 nitrogen and oxygen atoms in total. The van der Waals surface area contributed by atoms with Gasteiger partial charge >= 0.3 is 0 Å². The maximum atomic E-state index is 13.6. The van der Waals surface area contributed by atoms with Crippen molar-refractivity contribution in [3.8, 4) is 0 Å². The molecule has 0 heterocycles. The molecule has 1 aromatic carbocycles. The number of Topliss-reactive ketones (excluding diaryl/α,β-unsaturated/α-hetero) is 1. The molecule has 1 aliphatic rings. The summed E-state index contributed by atoms with van der Waals surface area (Å²) in [5.74, 6) is -3.80. The van der Waals surface area contributed by atoms with Crippen LogP contribution in [0.5, 0.6) is 0 Å². The lowest BCUT2D eigenvalue weighted by atomic mass is 9.76. The van der Waals surface area contributed by atoms with Crippen LogP contribution in [-0.2, 0) is 0 Å². The fourth-order valence-corrected chi connectivity index (χ4v) is 2.78. The van der Waals surface area contributed by atoms with Gasteiger partial charge in [-0.05, 0) is 25.3 Å². The van der Waals surface area contributed by atoms with E-state index in [9.17, 15) is 18.0 Å². The Bertz CT molecular complexity index is 476. The van der Waals surface area contributed by atoms with Crippen LogP contribution >= 0.6 is 0 Å². The summed E-state index contributed by atoms with van der Waals surface area (Å²) >= 11 is 0. The van der Waals surface area contributed by atoms with Crippen LogP contribution in [-0.4, -0.2) is 5.78 Å². The Hall–Kier alpha value is -1.32. The molecule has 0 N–H and O–H groups in total. The van der Waals surface area contributed by atoms with E-state index in [0.717, 1.165) is 12.8 Å². The van der Waals surface area contributed by atoms with E-state index in [2.05, 4.69) is 0 Å². The summed E-state index contributed by atoms with van der Waals surface area (Å²) in [6.45, 7) is 1.88. The van der Waals surface area contributed by atoms with Crippen LogP contribution in [0.3, 0.4) is 0 Å². The second kappa shape index (κ2) is 4.75. The summed E-state index contributed by atoms with van der Waals surface area (Å²) in [5, 5.41) is 0. The molecule has 0 unspecified atom stereocenters. The molecule has 0 aromatic heterocycles. The van der Waals surface area contributed by atoms with Gasteiger partial charge in [-0.1, -0.05) is 19.8 Å². The number of hydrogen-bond donors (Lipinski definition) is 0. The predicted octanol–water partition coefficient (Wildman–Crippen LogP) is 4.26. The van der Waals surface area contributed by atoms with Gasteiger partial charge in [0.1, 0.15) is 5.82 Å². The number of rotatable bonds is 3. The highest BCUT2D eigenvalue weighted by Crippen LogP contribution is 2.43. The second-order valence-electron chi connectivity index (χ2n) is 4.92. The van der Waals surface area contributed by atoms with E-state index < -0.39 is 22.9 Å². The molecule has 0 amide bonds. The van der Waals surface area contributed by atoms with Crippen molar-refractivity contribution in [1.82, 2.24) is 0 Å². The number of carbonyl (C=O) groups excluding carboxylic acids is 1. The molecule has 0 atom stereocenters. The Balaban J connectivity index is 2.42. The maximum absolute atomic E-state index is 13.6. The van der Waals surface area contributed by atoms with Crippen molar-refractivity contribution >= 4 is 5.78 Å². The second-order valence-corrected chi connectivity index (χ2v) is 4.92. The molecule has 1 fully saturated rings. The monoisotopic (exact) mass is 256 g/mol. The van der Waals surface area contributed by atoms with Gasteiger partial charge in [-0.15, -0.1) is 0 Å². The number of halogens is 3. The molecular weight excluding hydrogens is 241 g/mol. The summed E-state index contributed by atoms with van der Waals surface area (Å²) < 4.78 is 39.6. The Labute approximate surface area is 104 Å². The molecule has 1 aliphatic carbocycles. The highest BCUT2D eigenvalue weighted by atomic mass is 19.2. The lowest BCUT2D eigenvalue weighted by molar-refractivity contribution is 0.0786. The molecule has 0 spiro atoms. The van der Waals surface area contributed by atoms with E-state index in [-0.39, 0.29) is 11.3 Å². The molecule has 0 saturated heterocycles. The number of carbonyl (C=O) groups is 1. The Morgan fingerprint density at radius 1 is 1.11 bits per heavy atom. The van der Waals surface area contributed by atoms with Crippen molar-refractivity contribution in [2.75, 3.05) is 0 Å². The highest BCUT2D eigenvalue weighted by molar-refractivity contribution is 6.00. The van der Waals surface area contributed by atoms with Crippen LogP contribution in [0.2, 0.25) is 0 Å². The highest BCUT2D eigenvalue weighted by Gasteiger charge is 2.40. The number of hydrogen-bond acceptors (Lipinski definition) is 1. The van der Waals surface area contributed by atoms with Crippen molar-refractivity contribution in [2.45, 2.75) is 39.0 Å². The number of ketones is 1. The summed E-state index contributed by atoms with van der Waals surface area (Å²) in [6, 6.07) is 1.13. The zero-order valence-corrected chi connectivity index (χ0v) is 10.2. The van der Waals surface area contributed by atoms with Crippen molar-refractivity contribution in [3.05, 3.63) is 35.1 Å². The smallest absolute Gasteiger partial charge is 0.172 e. The molecular formula is C14H15F3O. The van der Waals surface area contributed by atoms with Crippen LogP contribution in [0.4, 0.5) is 13.2 Å². The van der Waals surface area contributed by atoms with Crippen molar-refractivity contribution < 1.29 is 18.0 Å². The van der Waals surface area contributed by atoms with Crippen LogP contribution in [0.1, 0.15) is 49.4 Å². The summed E-state index contributed by atoms with van der Waals surface area (Å²) in [7, 11) is 0. The van der Waals surface area contributed by atoms with Gasteiger partial charge in [0.15, 0.2) is 17.4 Å². The van der Waals surface area contributed by atoms with Gasteiger partial charge in [-0.3, -0.25) is 4.79 Å². The SMILES string of the molecule is CCC1(C(=O)c2cc(F)c(F)cc2F)CCCC1. The van der Waals surface area contributed by atoms with Gasteiger partial charge in [0, 0.05) is 11.5 Å². The first-order valence-corrected chi connectivity index (χ1v) is 6.19. The third-order valence-electron chi connectivity index (χ3n) is 3.97. The van der Waals surface area contributed by atoms with Crippen LogP contribution < -0.4 is 0 Å². The molecule has 2 rings (SSSR count). The van der Waals surface area contributed by atoms with E-state index >= 15 is 0 Å². The van der Waals surface area contributed by atoms with E-state index in [0.29, 0.717) is 31.4 Å². The molecule has 4 heteroatoms. The van der Waals surface area contributed by atoms with E-state index in [4.69, 9.17) is 0 Å². The Kier molecular flexibility index (Phi) is 3.46. The van der Waals surface area contributed by atoms with Gasteiger partial charge < -0.3 is 0 Å². The minimum atomic E-state index is -1.26. The average molecular weight is 256 g/mol. The predicted molar refractivity (Wildman–Crippen MR) is 61.8 cm³/mol. The largest absolute Gasteiger partial charge is 0.293 e. The zero-order chi connectivity index (χ0) is 13.3. The lowest BCUT2D eigenvalue weighted by Crippen LogP contribution is -2.28.